The van der Waals surface area contributed by atoms with Gasteiger partial charge in [0.25, 0.3) is 0 Å². The molecule has 0 aliphatic heterocycles. The molecule has 0 spiro atoms. The first-order valence-electron chi connectivity index (χ1n) is 6.67. The van der Waals surface area contributed by atoms with Gasteiger partial charge in [0, 0.05) is 13.1 Å². The first-order chi connectivity index (χ1) is 8.83. The molecule has 96 valence electrons. The Kier molecular flexibility index (Phi) is 4.60. The Bertz CT molecular complexity index is 421. The monoisotopic (exact) mass is 244 g/mol. The molecule has 0 atom stereocenters. The Balaban J connectivity index is 1.78. The molecule has 0 heterocycles. The van der Waals surface area contributed by atoms with Crippen molar-refractivity contribution in [2.24, 2.45) is 5.92 Å². The van der Waals surface area contributed by atoms with Crippen LogP contribution in [0.25, 0.3) is 0 Å². The summed E-state index contributed by atoms with van der Waals surface area (Å²) >= 11 is 0. The van der Waals surface area contributed by atoms with E-state index in [2.05, 4.69) is 17.9 Å². The van der Waals surface area contributed by atoms with Gasteiger partial charge in [-0.1, -0.05) is 19.1 Å². The lowest BCUT2D eigenvalue weighted by atomic mass is 10.2. The smallest absolute Gasteiger partial charge is 0.137 e. The van der Waals surface area contributed by atoms with Crippen molar-refractivity contribution in [3.8, 4) is 11.8 Å². The van der Waals surface area contributed by atoms with Gasteiger partial charge in [-0.25, -0.2) is 0 Å². The van der Waals surface area contributed by atoms with Crippen LogP contribution >= 0.6 is 0 Å². The lowest BCUT2D eigenvalue weighted by Crippen LogP contribution is -2.30. The van der Waals surface area contributed by atoms with Crippen LogP contribution in [0.4, 0.5) is 0 Å². The fourth-order valence-electron chi connectivity index (χ4n) is 2.01. The molecule has 1 saturated carbocycles. The molecule has 0 N–H and O–H groups in total. The molecule has 0 radical (unpaired) electrons. The summed E-state index contributed by atoms with van der Waals surface area (Å²) in [5.41, 5.74) is 0.614. The van der Waals surface area contributed by atoms with Crippen LogP contribution < -0.4 is 4.74 Å². The van der Waals surface area contributed by atoms with Gasteiger partial charge in [-0.15, -0.1) is 0 Å². The zero-order valence-electron chi connectivity index (χ0n) is 10.9. The Morgan fingerprint density at radius 1 is 1.39 bits per heavy atom. The van der Waals surface area contributed by atoms with Crippen LogP contribution in [0.2, 0.25) is 0 Å². The van der Waals surface area contributed by atoms with Crippen molar-refractivity contribution in [2.45, 2.75) is 19.8 Å². The predicted molar refractivity (Wildman–Crippen MR) is 71.5 cm³/mol. The second kappa shape index (κ2) is 6.42. The van der Waals surface area contributed by atoms with Crippen molar-refractivity contribution in [2.75, 3.05) is 26.2 Å². The quantitative estimate of drug-likeness (QED) is 0.740. The molecule has 0 bridgehead atoms. The predicted octanol–water partition coefficient (Wildman–Crippen LogP) is 2.67. The Morgan fingerprint density at radius 2 is 2.17 bits per heavy atom. The molecule has 0 aromatic heterocycles. The minimum Gasteiger partial charge on any atom is -0.491 e. The molecular formula is C15H20N2O. The number of ether oxygens (including phenoxy) is 1. The van der Waals surface area contributed by atoms with E-state index < -0.39 is 0 Å². The summed E-state index contributed by atoms with van der Waals surface area (Å²) in [5.74, 6) is 1.61. The maximum Gasteiger partial charge on any atom is 0.137 e. The van der Waals surface area contributed by atoms with Crippen molar-refractivity contribution in [1.29, 1.82) is 5.26 Å². The van der Waals surface area contributed by atoms with Crippen LogP contribution in [-0.2, 0) is 0 Å². The van der Waals surface area contributed by atoms with E-state index in [9.17, 15) is 0 Å². The van der Waals surface area contributed by atoms with Gasteiger partial charge in [-0.2, -0.15) is 5.26 Å². The standard InChI is InChI=1S/C15H20N2O/c1-2-17(12-13-7-8-13)9-10-18-15-6-4-3-5-14(15)11-16/h3-6,13H,2,7-10,12H2,1H3. The van der Waals surface area contributed by atoms with E-state index in [4.69, 9.17) is 10.00 Å². The minimum absolute atomic E-state index is 0.614. The summed E-state index contributed by atoms with van der Waals surface area (Å²) in [6.07, 6.45) is 2.77. The van der Waals surface area contributed by atoms with Gasteiger partial charge in [0.2, 0.25) is 0 Å². The van der Waals surface area contributed by atoms with Crippen molar-refractivity contribution in [3.63, 3.8) is 0 Å². The normalized spacial score (nSPS) is 14.5. The summed E-state index contributed by atoms with van der Waals surface area (Å²) < 4.78 is 5.70. The number of rotatable bonds is 7. The number of hydrogen-bond donors (Lipinski definition) is 0. The van der Waals surface area contributed by atoms with E-state index in [0.717, 1.165) is 19.0 Å². The lowest BCUT2D eigenvalue weighted by Gasteiger charge is -2.20. The van der Waals surface area contributed by atoms with E-state index in [1.54, 1.807) is 6.07 Å². The summed E-state index contributed by atoms with van der Waals surface area (Å²) in [4.78, 5) is 2.42. The van der Waals surface area contributed by atoms with Crippen LogP contribution in [0.5, 0.6) is 5.75 Å². The molecule has 0 amide bonds. The number of benzene rings is 1. The van der Waals surface area contributed by atoms with Crippen molar-refractivity contribution in [3.05, 3.63) is 29.8 Å². The molecule has 1 aromatic carbocycles. The zero-order valence-corrected chi connectivity index (χ0v) is 10.9. The van der Waals surface area contributed by atoms with E-state index in [0.29, 0.717) is 17.9 Å². The lowest BCUT2D eigenvalue weighted by molar-refractivity contribution is 0.209. The van der Waals surface area contributed by atoms with Gasteiger partial charge in [0.05, 0.1) is 5.56 Å². The third-order valence-electron chi connectivity index (χ3n) is 3.33. The number of likely N-dealkylation sites (N-methyl/N-ethyl adjacent to an activating group) is 1. The molecule has 0 saturated heterocycles. The molecule has 3 nitrogen and oxygen atoms in total. The highest BCUT2D eigenvalue weighted by Gasteiger charge is 2.23. The third kappa shape index (κ3) is 3.75. The summed E-state index contributed by atoms with van der Waals surface area (Å²) in [6, 6.07) is 9.56. The second-order valence-electron chi connectivity index (χ2n) is 4.79. The largest absolute Gasteiger partial charge is 0.491 e. The van der Waals surface area contributed by atoms with Gasteiger partial charge < -0.3 is 4.74 Å². The topological polar surface area (TPSA) is 36.3 Å². The van der Waals surface area contributed by atoms with Crippen LogP contribution in [0.1, 0.15) is 25.3 Å². The minimum atomic E-state index is 0.614. The van der Waals surface area contributed by atoms with Gasteiger partial charge in [0.1, 0.15) is 18.4 Å². The van der Waals surface area contributed by atoms with Crippen LogP contribution in [0.15, 0.2) is 24.3 Å². The summed E-state index contributed by atoms with van der Waals surface area (Å²) in [7, 11) is 0. The van der Waals surface area contributed by atoms with Crippen LogP contribution in [-0.4, -0.2) is 31.1 Å². The van der Waals surface area contributed by atoms with E-state index >= 15 is 0 Å². The zero-order chi connectivity index (χ0) is 12.8. The van der Waals surface area contributed by atoms with E-state index in [-0.39, 0.29) is 0 Å². The fraction of sp³-hybridized carbons (Fsp3) is 0.533. The fourth-order valence-corrected chi connectivity index (χ4v) is 2.01. The third-order valence-corrected chi connectivity index (χ3v) is 3.33. The summed E-state index contributed by atoms with van der Waals surface area (Å²) in [6.45, 7) is 6.04. The SMILES string of the molecule is CCN(CCOc1ccccc1C#N)CC1CC1. The highest BCUT2D eigenvalue weighted by atomic mass is 16.5. The molecular weight excluding hydrogens is 224 g/mol. The van der Waals surface area contributed by atoms with E-state index in [1.807, 2.05) is 18.2 Å². The number of nitrogens with zero attached hydrogens (tertiary/aromatic N) is 2. The van der Waals surface area contributed by atoms with Gasteiger partial charge in [-0.3, -0.25) is 4.90 Å². The number of hydrogen-bond acceptors (Lipinski definition) is 3. The molecule has 1 aliphatic carbocycles. The molecule has 1 aromatic rings. The molecule has 1 fully saturated rings. The molecule has 2 rings (SSSR count). The van der Waals surface area contributed by atoms with Crippen molar-refractivity contribution >= 4 is 0 Å². The highest BCUT2D eigenvalue weighted by Crippen LogP contribution is 2.29. The number of para-hydroxylation sites is 1. The van der Waals surface area contributed by atoms with Gasteiger partial charge in [0.15, 0.2) is 0 Å². The molecule has 0 unspecified atom stereocenters. The van der Waals surface area contributed by atoms with Crippen molar-refractivity contribution in [1.82, 2.24) is 4.90 Å². The number of nitriles is 1. The molecule has 18 heavy (non-hydrogen) atoms. The van der Waals surface area contributed by atoms with Crippen LogP contribution in [0, 0.1) is 17.2 Å². The van der Waals surface area contributed by atoms with Gasteiger partial charge >= 0.3 is 0 Å². The molecule has 1 aliphatic rings. The van der Waals surface area contributed by atoms with Crippen LogP contribution in [0.3, 0.4) is 0 Å². The molecule has 3 heteroatoms. The Morgan fingerprint density at radius 3 is 2.83 bits per heavy atom. The second-order valence-corrected chi connectivity index (χ2v) is 4.79. The van der Waals surface area contributed by atoms with E-state index in [1.165, 1.54) is 19.4 Å². The average molecular weight is 244 g/mol. The Hall–Kier alpha value is -1.53. The summed E-state index contributed by atoms with van der Waals surface area (Å²) in [5, 5.41) is 8.96. The average Bonchev–Trinajstić information content (AvgIpc) is 3.22. The highest BCUT2D eigenvalue weighted by molar-refractivity contribution is 5.42. The van der Waals surface area contributed by atoms with Gasteiger partial charge in [-0.05, 0) is 37.4 Å². The van der Waals surface area contributed by atoms with Crippen molar-refractivity contribution < 1.29 is 4.74 Å². The Labute approximate surface area is 109 Å². The maximum absolute atomic E-state index is 8.96. The maximum atomic E-state index is 8.96. The first-order valence-corrected chi connectivity index (χ1v) is 6.67. The first kappa shape index (κ1) is 12.9.